The first kappa shape index (κ1) is 10.9. The molecule has 1 saturated heterocycles. The summed E-state index contributed by atoms with van der Waals surface area (Å²) in [6.45, 7) is 4.37. The fourth-order valence-corrected chi connectivity index (χ4v) is 2.20. The zero-order chi connectivity index (χ0) is 10.8. The molecule has 0 amide bonds. The summed E-state index contributed by atoms with van der Waals surface area (Å²) < 4.78 is 13.9. The topological polar surface area (TPSA) is 3.24 Å². The van der Waals surface area contributed by atoms with Crippen LogP contribution in [0.5, 0.6) is 0 Å². The van der Waals surface area contributed by atoms with Crippen LogP contribution in [0.2, 0.25) is 0 Å². The van der Waals surface area contributed by atoms with Gasteiger partial charge in [0.1, 0.15) is 5.82 Å². The summed E-state index contributed by atoms with van der Waals surface area (Å²) in [5, 5.41) is 0. The second kappa shape index (κ2) is 4.52. The summed E-state index contributed by atoms with van der Waals surface area (Å²) >= 11 is 3.17. The molecule has 0 radical (unpaired) electrons. The maximum atomic E-state index is 13.3. The Bertz CT molecular complexity index is 345. The largest absolute Gasteiger partial charge is 0.371 e. The average molecular weight is 272 g/mol. The Hall–Kier alpha value is -0.570. The number of halogens is 2. The molecular formula is C12H15BrFN. The van der Waals surface area contributed by atoms with Crippen molar-refractivity contribution in [3.63, 3.8) is 0 Å². The number of hydrogen-bond donors (Lipinski definition) is 0. The van der Waals surface area contributed by atoms with Gasteiger partial charge in [-0.1, -0.05) is 6.92 Å². The summed E-state index contributed by atoms with van der Waals surface area (Å²) in [5.74, 6) is 0.632. The molecule has 82 valence electrons. The second-order valence-electron chi connectivity index (χ2n) is 4.27. The van der Waals surface area contributed by atoms with E-state index in [9.17, 15) is 4.39 Å². The third-order valence-corrected chi connectivity index (χ3v) is 3.70. The standard InChI is InChI=1S/C12H15BrFN/c1-9-4-6-15(7-5-9)10-2-3-11(13)12(14)8-10/h2-3,8-9H,4-7H2,1H3. The molecule has 0 bridgehead atoms. The summed E-state index contributed by atoms with van der Waals surface area (Å²) in [4.78, 5) is 2.26. The van der Waals surface area contributed by atoms with Crippen LogP contribution in [0.3, 0.4) is 0 Å². The monoisotopic (exact) mass is 271 g/mol. The molecule has 1 nitrogen and oxygen atoms in total. The molecule has 1 aliphatic rings. The summed E-state index contributed by atoms with van der Waals surface area (Å²) in [6, 6.07) is 5.37. The lowest BCUT2D eigenvalue weighted by molar-refractivity contribution is 0.438. The van der Waals surface area contributed by atoms with Crippen molar-refractivity contribution in [2.45, 2.75) is 19.8 Å². The maximum Gasteiger partial charge on any atom is 0.139 e. The number of nitrogens with zero attached hydrogens (tertiary/aromatic N) is 1. The lowest BCUT2D eigenvalue weighted by atomic mass is 9.99. The lowest BCUT2D eigenvalue weighted by Crippen LogP contribution is -2.32. The molecule has 0 spiro atoms. The number of rotatable bonds is 1. The second-order valence-corrected chi connectivity index (χ2v) is 5.12. The van der Waals surface area contributed by atoms with Crippen LogP contribution in [0.15, 0.2) is 22.7 Å². The first-order valence-electron chi connectivity index (χ1n) is 5.37. The molecule has 2 rings (SSSR count). The lowest BCUT2D eigenvalue weighted by Gasteiger charge is -2.32. The van der Waals surface area contributed by atoms with Crippen LogP contribution in [0, 0.1) is 11.7 Å². The minimum Gasteiger partial charge on any atom is -0.371 e. The normalized spacial score (nSPS) is 18.2. The van der Waals surface area contributed by atoms with Gasteiger partial charge >= 0.3 is 0 Å². The van der Waals surface area contributed by atoms with Gasteiger partial charge in [-0.2, -0.15) is 0 Å². The van der Waals surface area contributed by atoms with Crippen LogP contribution in [-0.4, -0.2) is 13.1 Å². The fourth-order valence-electron chi connectivity index (χ4n) is 1.95. The van der Waals surface area contributed by atoms with E-state index in [1.165, 1.54) is 12.8 Å². The molecule has 0 N–H and O–H groups in total. The Morgan fingerprint density at radius 1 is 1.33 bits per heavy atom. The van der Waals surface area contributed by atoms with Gasteiger partial charge in [0.05, 0.1) is 4.47 Å². The zero-order valence-electron chi connectivity index (χ0n) is 8.84. The summed E-state index contributed by atoms with van der Waals surface area (Å²) in [5.41, 5.74) is 1.00. The van der Waals surface area contributed by atoms with E-state index in [0.29, 0.717) is 4.47 Å². The molecule has 0 aromatic heterocycles. The molecule has 1 fully saturated rings. The predicted octanol–water partition coefficient (Wildman–Crippen LogP) is 3.82. The van der Waals surface area contributed by atoms with Crippen LogP contribution in [0.25, 0.3) is 0 Å². The average Bonchev–Trinajstić information content (AvgIpc) is 2.23. The van der Waals surface area contributed by atoms with Gasteiger partial charge in [-0.25, -0.2) is 4.39 Å². The van der Waals surface area contributed by atoms with E-state index in [1.807, 2.05) is 6.07 Å². The Morgan fingerprint density at radius 2 is 2.00 bits per heavy atom. The Balaban J connectivity index is 2.12. The van der Waals surface area contributed by atoms with Crippen molar-refractivity contribution >= 4 is 21.6 Å². The quantitative estimate of drug-likeness (QED) is 0.751. The molecule has 0 atom stereocenters. The molecular weight excluding hydrogens is 257 g/mol. The molecule has 1 aromatic carbocycles. The van der Waals surface area contributed by atoms with Gasteiger partial charge in [-0.15, -0.1) is 0 Å². The third-order valence-electron chi connectivity index (χ3n) is 3.05. The van der Waals surface area contributed by atoms with Gasteiger partial charge in [-0.05, 0) is 52.9 Å². The van der Waals surface area contributed by atoms with E-state index in [2.05, 4.69) is 27.8 Å². The summed E-state index contributed by atoms with van der Waals surface area (Å²) in [6.07, 6.45) is 2.41. The Kier molecular flexibility index (Phi) is 3.29. The van der Waals surface area contributed by atoms with Crippen LogP contribution in [0.4, 0.5) is 10.1 Å². The van der Waals surface area contributed by atoms with Gasteiger partial charge in [-0.3, -0.25) is 0 Å². The number of anilines is 1. The molecule has 1 aliphatic heterocycles. The first-order chi connectivity index (χ1) is 7.16. The molecule has 15 heavy (non-hydrogen) atoms. The molecule has 0 unspecified atom stereocenters. The van der Waals surface area contributed by atoms with Gasteiger partial charge < -0.3 is 4.90 Å². The van der Waals surface area contributed by atoms with Gasteiger partial charge in [0.15, 0.2) is 0 Å². The van der Waals surface area contributed by atoms with E-state index < -0.39 is 0 Å². The number of benzene rings is 1. The van der Waals surface area contributed by atoms with Crippen LogP contribution >= 0.6 is 15.9 Å². The third kappa shape index (κ3) is 2.51. The predicted molar refractivity (Wildman–Crippen MR) is 64.7 cm³/mol. The van der Waals surface area contributed by atoms with Crippen molar-refractivity contribution in [2.24, 2.45) is 5.92 Å². The van der Waals surface area contributed by atoms with Crippen molar-refractivity contribution in [2.75, 3.05) is 18.0 Å². The van der Waals surface area contributed by atoms with Gasteiger partial charge in [0.2, 0.25) is 0 Å². The maximum absolute atomic E-state index is 13.3. The van der Waals surface area contributed by atoms with Crippen molar-refractivity contribution in [1.82, 2.24) is 0 Å². The SMILES string of the molecule is CC1CCN(c2ccc(Br)c(F)c2)CC1. The van der Waals surface area contributed by atoms with E-state index >= 15 is 0 Å². The molecule has 3 heteroatoms. The van der Waals surface area contributed by atoms with E-state index in [-0.39, 0.29) is 5.82 Å². The van der Waals surface area contributed by atoms with Crippen molar-refractivity contribution < 1.29 is 4.39 Å². The Labute approximate surface area is 98.4 Å². The van der Waals surface area contributed by atoms with Crippen molar-refractivity contribution in [3.8, 4) is 0 Å². The van der Waals surface area contributed by atoms with Gasteiger partial charge in [0, 0.05) is 18.8 Å². The Morgan fingerprint density at radius 3 is 2.60 bits per heavy atom. The van der Waals surface area contributed by atoms with Crippen molar-refractivity contribution in [1.29, 1.82) is 0 Å². The highest BCUT2D eigenvalue weighted by Gasteiger charge is 2.16. The summed E-state index contributed by atoms with van der Waals surface area (Å²) in [7, 11) is 0. The smallest absolute Gasteiger partial charge is 0.139 e. The molecule has 0 aliphatic carbocycles. The number of hydrogen-bond acceptors (Lipinski definition) is 1. The fraction of sp³-hybridized carbons (Fsp3) is 0.500. The van der Waals surface area contributed by atoms with Crippen LogP contribution in [0.1, 0.15) is 19.8 Å². The van der Waals surface area contributed by atoms with Crippen LogP contribution in [-0.2, 0) is 0 Å². The van der Waals surface area contributed by atoms with E-state index in [4.69, 9.17) is 0 Å². The highest BCUT2D eigenvalue weighted by atomic mass is 79.9. The highest BCUT2D eigenvalue weighted by Crippen LogP contribution is 2.26. The highest BCUT2D eigenvalue weighted by molar-refractivity contribution is 9.10. The van der Waals surface area contributed by atoms with E-state index in [1.54, 1.807) is 12.1 Å². The number of piperidine rings is 1. The first-order valence-corrected chi connectivity index (χ1v) is 6.16. The minimum absolute atomic E-state index is 0.175. The molecule has 1 aromatic rings. The van der Waals surface area contributed by atoms with E-state index in [0.717, 1.165) is 24.7 Å². The van der Waals surface area contributed by atoms with Crippen molar-refractivity contribution in [3.05, 3.63) is 28.5 Å². The molecule has 1 heterocycles. The van der Waals surface area contributed by atoms with Crippen LogP contribution < -0.4 is 4.90 Å². The van der Waals surface area contributed by atoms with Gasteiger partial charge in [0.25, 0.3) is 0 Å². The zero-order valence-corrected chi connectivity index (χ0v) is 10.4. The minimum atomic E-state index is -0.175. The molecule has 0 saturated carbocycles.